The molecule has 0 aliphatic heterocycles. The molecular weight excluding hydrogens is 264 g/mol. The Morgan fingerprint density at radius 3 is 2.47 bits per heavy atom. The first-order chi connectivity index (χ1) is 8.73. The third kappa shape index (κ3) is 3.13. The number of nitrogens with two attached hydrogens (primary N) is 1. The van der Waals surface area contributed by atoms with E-state index in [2.05, 4.69) is 4.42 Å². The maximum atomic E-state index is 11.3. The van der Waals surface area contributed by atoms with Crippen LogP contribution in [0.3, 0.4) is 0 Å². The SMILES string of the molecule is NC(Cc1cc(C(=O)O)oc(=O)c1[N+](=O)[O-])C(=O)O. The van der Waals surface area contributed by atoms with Crippen LogP contribution >= 0.6 is 0 Å². The molecule has 0 radical (unpaired) electrons. The van der Waals surface area contributed by atoms with Gasteiger partial charge in [0, 0.05) is 12.0 Å². The zero-order chi connectivity index (χ0) is 14.7. The first kappa shape index (κ1) is 14.3. The predicted octanol–water partition coefficient (Wildman–Crippen LogP) is -0.799. The van der Waals surface area contributed by atoms with Crippen LogP contribution in [0.4, 0.5) is 5.69 Å². The van der Waals surface area contributed by atoms with Crippen LogP contribution in [0.1, 0.15) is 16.1 Å². The minimum absolute atomic E-state index is 0.409. The molecule has 0 fully saturated rings. The lowest BCUT2D eigenvalue weighted by atomic mass is 10.1. The van der Waals surface area contributed by atoms with Crippen molar-refractivity contribution >= 4 is 17.6 Å². The number of nitro groups is 1. The Bertz CT molecular complexity index is 605. The van der Waals surface area contributed by atoms with Gasteiger partial charge in [-0.15, -0.1) is 0 Å². The standard InChI is InChI=1S/C9H8N2O8/c10-4(7(12)13)1-3-2-5(8(14)15)19-9(16)6(3)11(17)18/h2,4H,1,10H2,(H,12,13)(H,14,15). The number of hydrogen-bond donors (Lipinski definition) is 3. The lowest BCUT2D eigenvalue weighted by Crippen LogP contribution is -2.33. The van der Waals surface area contributed by atoms with E-state index >= 15 is 0 Å². The molecule has 0 aromatic carbocycles. The highest BCUT2D eigenvalue weighted by atomic mass is 16.6. The van der Waals surface area contributed by atoms with Crippen molar-refractivity contribution in [1.29, 1.82) is 0 Å². The van der Waals surface area contributed by atoms with Crippen LogP contribution in [0.25, 0.3) is 0 Å². The highest BCUT2D eigenvalue weighted by Crippen LogP contribution is 2.17. The average Bonchev–Trinajstić information content (AvgIpc) is 2.27. The van der Waals surface area contributed by atoms with Crippen molar-refractivity contribution in [2.45, 2.75) is 12.5 Å². The number of carboxylic acid groups (broad SMARTS) is 2. The monoisotopic (exact) mass is 272 g/mol. The van der Waals surface area contributed by atoms with Gasteiger partial charge in [0.1, 0.15) is 6.04 Å². The summed E-state index contributed by atoms with van der Waals surface area (Å²) in [6.45, 7) is 0. The van der Waals surface area contributed by atoms with Crippen LogP contribution in [0, 0.1) is 10.1 Å². The Labute approximate surface area is 104 Å². The number of carbonyl (C=O) groups is 2. The molecule has 102 valence electrons. The third-order valence-electron chi connectivity index (χ3n) is 2.16. The van der Waals surface area contributed by atoms with E-state index in [-0.39, 0.29) is 0 Å². The number of carboxylic acids is 2. The summed E-state index contributed by atoms with van der Waals surface area (Å²) in [5.41, 5.74) is 2.28. The van der Waals surface area contributed by atoms with Crippen LogP contribution in [0.5, 0.6) is 0 Å². The Morgan fingerprint density at radius 2 is 2.05 bits per heavy atom. The molecular formula is C9H8N2O8. The minimum atomic E-state index is -1.61. The number of hydrogen-bond acceptors (Lipinski definition) is 7. The molecule has 0 bridgehead atoms. The van der Waals surface area contributed by atoms with Gasteiger partial charge < -0.3 is 20.4 Å². The molecule has 1 aromatic rings. The summed E-state index contributed by atoms with van der Waals surface area (Å²) < 4.78 is 4.23. The van der Waals surface area contributed by atoms with Crippen LogP contribution in [0.15, 0.2) is 15.3 Å². The number of rotatable bonds is 5. The third-order valence-corrected chi connectivity index (χ3v) is 2.16. The van der Waals surface area contributed by atoms with E-state index in [0.717, 1.165) is 0 Å². The van der Waals surface area contributed by atoms with Gasteiger partial charge in [-0.1, -0.05) is 0 Å². The molecule has 1 aromatic heterocycles. The summed E-state index contributed by atoms with van der Waals surface area (Å²) in [5, 5.41) is 27.9. The van der Waals surface area contributed by atoms with Crippen molar-refractivity contribution in [3.05, 3.63) is 37.9 Å². The van der Waals surface area contributed by atoms with E-state index in [0.29, 0.717) is 6.07 Å². The molecule has 1 unspecified atom stereocenters. The quantitative estimate of drug-likeness (QED) is 0.457. The molecule has 1 heterocycles. The first-order valence-corrected chi connectivity index (χ1v) is 4.77. The van der Waals surface area contributed by atoms with Crippen LogP contribution in [-0.4, -0.2) is 33.1 Å². The summed E-state index contributed by atoms with van der Waals surface area (Å²) in [4.78, 5) is 42.1. The molecule has 1 rings (SSSR count). The van der Waals surface area contributed by atoms with Gasteiger partial charge in [0.25, 0.3) is 0 Å². The molecule has 0 aliphatic carbocycles. The van der Waals surface area contributed by atoms with Gasteiger partial charge in [0.15, 0.2) is 0 Å². The fourth-order valence-corrected chi connectivity index (χ4v) is 1.31. The van der Waals surface area contributed by atoms with Gasteiger partial charge in [-0.3, -0.25) is 14.9 Å². The van der Waals surface area contributed by atoms with E-state index < -0.39 is 52.0 Å². The molecule has 10 heteroatoms. The fourth-order valence-electron chi connectivity index (χ4n) is 1.31. The Balaban J connectivity index is 3.40. The summed E-state index contributed by atoms with van der Waals surface area (Å²) in [6.07, 6.45) is -0.572. The van der Waals surface area contributed by atoms with E-state index in [1.54, 1.807) is 0 Å². The van der Waals surface area contributed by atoms with E-state index in [1.165, 1.54) is 0 Å². The summed E-state index contributed by atoms with van der Waals surface area (Å²) in [5.74, 6) is -3.89. The molecule has 4 N–H and O–H groups in total. The Kier molecular flexibility index (Phi) is 3.97. The van der Waals surface area contributed by atoms with Gasteiger partial charge in [-0.05, 0) is 6.07 Å². The van der Waals surface area contributed by atoms with E-state index in [4.69, 9.17) is 15.9 Å². The molecule has 19 heavy (non-hydrogen) atoms. The molecule has 0 saturated heterocycles. The number of aromatic carboxylic acids is 1. The van der Waals surface area contributed by atoms with Gasteiger partial charge >= 0.3 is 23.3 Å². The number of nitrogens with zero attached hydrogens (tertiary/aromatic N) is 1. The zero-order valence-corrected chi connectivity index (χ0v) is 9.23. The Morgan fingerprint density at radius 1 is 1.47 bits per heavy atom. The molecule has 0 aliphatic rings. The summed E-state index contributed by atoms with van der Waals surface area (Å²) >= 11 is 0. The van der Waals surface area contributed by atoms with Gasteiger partial charge in [0.2, 0.25) is 5.76 Å². The second-order valence-corrected chi connectivity index (χ2v) is 3.48. The smallest absolute Gasteiger partial charge is 0.415 e. The zero-order valence-electron chi connectivity index (χ0n) is 9.23. The second-order valence-electron chi connectivity index (χ2n) is 3.48. The molecule has 10 nitrogen and oxygen atoms in total. The van der Waals surface area contributed by atoms with Crippen molar-refractivity contribution in [3.8, 4) is 0 Å². The van der Waals surface area contributed by atoms with Gasteiger partial charge in [-0.2, -0.15) is 0 Å². The maximum Gasteiger partial charge on any atom is 0.415 e. The van der Waals surface area contributed by atoms with Crippen LogP contribution in [-0.2, 0) is 11.2 Å². The minimum Gasteiger partial charge on any atom is -0.480 e. The summed E-state index contributed by atoms with van der Waals surface area (Å²) in [6, 6.07) is -0.799. The maximum absolute atomic E-state index is 11.3. The summed E-state index contributed by atoms with van der Waals surface area (Å²) in [7, 11) is 0. The van der Waals surface area contributed by atoms with E-state index in [9.17, 15) is 24.5 Å². The normalized spacial score (nSPS) is 11.8. The number of aliphatic carboxylic acids is 1. The largest absolute Gasteiger partial charge is 0.480 e. The van der Waals surface area contributed by atoms with Gasteiger partial charge in [0.05, 0.1) is 4.92 Å². The van der Waals surface area contributed by atoms with Crippen molar-refractivity contribution in [2.24, 2.45) is 5.73 Å². The fraction of sp³-hybridized carbons (Fsp3) is 0.222. The van der Waals surface area contributed by atoms with Crippen molar-refractivity contribution in [1.82, 2.24) is 0 Å². The van der Waals surface area contributed by atoms with Crippen molar-refractivity contribution in [3.63, 3.8) is 0 Å². The molecule has 0 saturated carbocycles. The highest BCUT2D eigenvalue weighted by molar-refractivity contribution is 5.84. The Hall–Kier alpha value is -2.75. The highest BCUT2D eigenvalue weighted by Gasteiger charge is 2.27. The topological polar surface area (TPSA) is 174 Å². The average molecular weight is 272 g/mol. The predicted molar refractivity (Wildman–Crippen MR) is 57.9 cm³/mol. The lowest BCUT2D eigenvalue weighted by Gasteiger charge is -2.06. The second kappa shape index (κ2) is 5.27. The molecule has 1 atom stereocenters. The lowest BCUT2D eigenvalue weighted by molar-refractivity contribution is -0.388. The van der Waals surface area contributed by atoms with Crippen molar-refractivity contribution in [2.75, 3.05) is 0 Å². The van der Waals surface area contributed by atoms with Crippen LogP contribution in [0.2, 0.25) is 0 Å². The van der Waals surface area contributed by atoms with Gasteiger partial charge in [-0.25, -0.2) is 9.59 Å². The first-order valence-electron chi connectivity index (χ1n) is 4.77. The molecule has 0 amide bonds. The molecule has 0 spiro atoms. The van der Waals surface area contributed by atoms with Crippen molar-refractivity contribution < 1.29 is 29.1 Å². The van der Waals surface area contributed by atoms with E-state index in [1.807, 2.05) is 0 Å². The van der Waals surface area contributed by atoms with Crippen LogP contribution < -0.4 is 11.4 Å².